The first-order valence-corrected chi connectivity index (χ1v) is 4.79. The van der Waals surface area contributed by atoms with Crippen molar-refractivity contribution in [3.05, 3.63) is 21.2 Å². The molecule has 0 saturated carbocycles. The summed E-state index contributed by atoms with van der Waals surface area (Å²) in [5.41, 5.74) is -0.171. The zero-order valence-electron chi connectivity index (χ0n) is 7.59. The fraction of sp³-hybridized carbons (Fsp3) is 0.125. The quantitative estimate of drug-likeness (QED) is 0.440. The molecule has 78 valence electrons. The van der Waals surface area contributed by atoms with Gasteiger partial charge in [-0.05, 0) is 6.92 Å². The average Bonchev–Trinajstić information content (AvgIpc) is 2.46. The maximum atomic E-state index is 10.7. The molecule has 0 atom stereocenters. The fourth-order valence-electron chi connectivity index (χ4n) is 1.31. The van der Waals surface area contributed by atoms with E-state index in [4.69, 9.17) is 0 Å². The molecule has 1 aromatic heterocycles. The highest BCUT2D eigenvalue weighted by Gasteiger charge is 2.24. The van der Waals surface area contributed by atoms with Crippen molar-refractivity contribution in [2.75, 3.05) is 0 Å². The van der Waals surface area contributed by atoms with Crippen molar-refractivity contribution in [1.29, 1.82) is 0 Å². The second kappa shape index (κ2) is 3.06. The highest BCUT2D eigenvalue weighted by atomic mass is 32.1. The number of phenolic OH excluding ortho intramolecular Hbond substituents is 2. The monoisotopic (exact) mass is 226 g/mol. The molecule has 0 spiro atoms. The lowest BCUT2D eigenvalue weighted by Crippen LogP contribution is -1.89. The maximum Gasteiger partial charge on any atom is 0.333 e. The van der Waals surface area contributed by atoms with Crippen molar-refractivity contribution in [2.24, 2.45) is 0 Å². The van der Waals surface area contributed by atoms with Crippen LogP contribution in [0.15, 0.2) is 6.07 Å². The smallest absolute Gasteiger partial charge is 0.333 e. The van der Waals surface area contributed by atoms with E-state index in [-0.39, 0.29) is 4.70 Å². The van der Waals surface area contributed by atoms with Gasteiger partial charge < -0.3 is 10.2 Å². The van der Waals surface area contributed by atoms with Gasteiger partial charge in [0.15, 0.2) is 5.75 Å². The Morgan fingerprint density at radius 3 is 2.80 bits per heavy atom. The molecule has 0 radical (unpaired) electrons. The first-order chi connectivity index (χ1) is 7.00. The Kier molecular flexibility index (Phi) is 1.97. The van der Waals surface area contributed by atoms with Crippen molar-refractivity contribution in [1.82, 2.24) is 4.98 Å². The zero-order chi connectivity index (χ0) is 11.2. The van der Waals surface area contributed by atoms with Crippen molar-refractivity contribution < 1.29 is 15.1 Å². The Hall–Kier alpha value is -1.89. The number of phenols is 2. The van der Waals surface area contributed by atoms with Crippen LogP contribution >= 0.6 is 11.3 Å². The zero-order valence-corrected chi connectivity index (χ0v) is 8.41. The van der Waals surface area contributed by atoms with Gasteiger partial charge in [-0.15, -0.1) is 11.3 Å². The third-order valence-electron chi connectivity index (χ3n) is 1.90. The number of aromatic nitrogens is 1. The summed E-state index contributed by atoms with van der Waals surface area (Å²) in [6, 6.07) is 1.21. The minimum absolute atomic E-state index is 0.271. The van der Waals surface area contributed by atoms with Gasteiger partial charge in [0.25, 0.3) is 0 Å². The predicted molar refractivity (Wildman–Crippen MR) is 54.3 cm³/mol. The van der Waals surface area contributed by atoms with Gasteiger partial charge in [-0.3, -0.25) is 10.1 Å². The Labute approximate surface area is 87.6 Å². The predicted octanol–water partition coefficient (Wildman–Crippen LogP) is 1.92. The van der Waals surface area contributed by atoms with Crippen LogP contribution < -0.4 is 0 Å². The van der Waals surface area contributed by atoms with Gasteiger partial charge >= 0.3 is 5.69 Å². The number of nitro benzene ring substituents is 1. The van der Waals surface area contributed by atoms with Gasteiger partial charge in [-0.1, -0.05) is 0 Å². The third-order valence-corrected chi connectivity index (χ3v) is 2.89. The summed E-state index contributed by atoms with van der Waals surface area (Å²) in [5, 5.41) is 30.0. The normalized spacial score (nSPS) is 10.7. The Bertz CT molecular complexity index is 563. The molecule has 0 aliphatic heterocycles. The van der Waals surface area contributed by atoms with E-state index in [2.05, 4.69) is 4.98 Å². The van der Waals surface area contributed by atoms with Gasteiger partial charge in [0.2, 0.25) is 5.75 Å². The lowest BCUT2D eigenvalue weighted by molar-refractivity contribution is -0.383. The summed E-state index contributed by atoms with van der Waals surface area (Å²) < 4.78 is 0.271. The van der Waals surface area contributed by atoms with E-state index in [1.54, 1.807) is 6.92 Å². The van der Waals surface area contributed by atoms with E-state index in [1.165, 1.54) is 6.07 Å². The number of nitrogens with zero attached hydrogens (tertiary/aromatic N) is 2. The highest BCUT2D eigenvalue weighted by molar-refractivity contribution is 7.19. The number of aromatic hydroxyl groups is 2. The lowest BCUT2D eigenvalue weighted by atomic mass is 10.2. The van der Waals surface area contributed by atoms with Crippen LogP contribution in [0, 0.1) is 17.0 Å². The molecule has 0 amide bonds. The number of aryl methyl sites for hydroxylation is 1. The van der Waals surface area contributed by atoms with Crippen LogP contribution in [0.4, 0.5) is 5.69 Å². The minimum Gasteiger partial charge on any atom is -0.504 e. The lowest BCUT2D eigenvalue weighted by Gasteiger charge is -1.98. The second-order valence-electron chi connectivity index (χ2n) is 2.93. The molecule has 0 saturated heterocycles. The fourth-order valence-corrected chi connectivity index (χ4v) is 2.22. The van der Waals surface area contributed by atoms with E-state index in [1.807, 2.05) is 0 Å². The maximum absolute atomic E-state index is 10.7. The second-order valence-corrected chi connectivity index (χ2v) is 4.13. The van der Waals surface area contributed by atoms with E-state index < -0.39 is 22.1 Å². The number of nitro groups is 1. The molecule has 0 bridgehead atoms. The Morgan fingerprint density at radius 2 is 2.20 bits per heavy atom. The van der Waals surface area contributed by atoms with Crippen molar-refractivity contribution >= 4 is 27.2 Å². The van der Waals surface area contributed by atoms with Crippen molar-refractivity contribution in [2.45, 2.75) is 6.92 Å². The summed E-state index contributed by atoms with van der Waals surface area (Å²) in [4.78, 5) is 14.0. The molecule has 0 aliphatic carbocycles. The molecule has 2 aromatic rings. The largest absolute Gasteiger partial charge is 0.504 e. The number of thiazole rings is 1. The summed E-state index contributed by atoms with van der Waals surface area (Å²) >= 11 is 1.11. The summed E-state index contributed by atoms with van der Waals surface area (Å²) in [5.74, 6) is -1.24. The number of benzene rings is 1. The van der Waals surface area contributed by atoms with Gasteiger partial charge in [-0.25, -0.2) is 4.98 Å². The summed E-state index contributed by atoms with van der Waals surface area (Å²) in [6.07, 6.45) is 0. The molecule has 0 unspecified atom stereocenters. The van der Waals surface area contributed by atoms with Gasteiger partial charge in [0.1, 0.15) is 4.70 Å². The van der Waals surface area contributed by atoms with Crippen LogP contribution in [0.3, 0.4) is 0 Å². The van der Waals surface area contributed by atoms with Crippen LogP contribution in [0.2, 0.25) is 0 Å². The molecule has 7 heteroatoms. The molecule has 1 aromatic carbocycles. The van der Waals surface area contributed by atoms with Gasteiger partial charge in [0.05, 0.1) is 15.4 Å². The van der Waals surface area contributed by atoms with Crippen LogP contribution in [-0.2, 0) is 0 Å². The standard InChI is InChI=1S/C8H6N2O4S/c1-3-9-4-2-5(11)7(12)6(10(13)14)8(4)15-3/h2,11-12H,1H3. The molecule has 2 N–H and O–H groups in total. The van der Waals surface area contributed by atoms with E-state index in [9.17, 15) is 20.3 Å². The Morgan fingerprint density at radius 1 is 1.53 bits per heavy atom. The van der Waals surface area contributed by atoms with Crippen molar-refractivity contribution in [3.8, 4) is 11.5 Å². The summed E-state index contributed by atoms with van der Waals surface area (Å²) in [7, 11) is 0. The number of hydrogen-bond acceptors (Lipinski definition) is 6. The summed E-state index contributed by atoms with van der Waals surface area (Å²) in [6.45, 7) is 1.70. The average molecular weight is 226 g/mol. The third kappa shape index (κ3) is 1.37. The van der Waals surface area contributed by atoms with E-state index in [0.717, 1.165) is 11.3 Å². The van der Waals surface area contributed by atoms with E-state index in [0.29, 0.717) is 10.5 Å². The molecular weight excluding hydrogens is 220 g/mol. The van der Waals surface area contributed by atoms with Crippen LogP contribution in [-0.4, -0.2) is 20.1 Å². The number of rotatable bonds is 1. The SMILES string of the molecule is Cc1nc2cc(O)c(O)c([N+](=O)[O-])c2s1. The molecular formula is C8H6N2O4S. The van der Waals surface area contributed by atoms with E-state index >= 15 is 0 Å². The number of fused-ring (bicyclic) bond motifs is 1. The molecule has 15 heavy (non-hydrogen) atoms. The van der Waals surface area contributed by atoms with Crippen LogP contribution in [0.1, 0.15) is 5.01 Å². The topological polar surface area (TPSA) is 96.5 Å². The first-order valence-electron chi connectivity index (χ1n) is 3.97. The first kappa shape index (κ1) is 9.66. The number of hydrogen-bond donors (Lipinski definition) is 2. The van der Waals surface area contributed by atoms with Crippen LogP contribution in [0.25, 0.3) is 10.2 Å². The minimum atomic E-state index is -0.727. The molecule has 1 heterocycles. The molecule has 0 fully saturated rings. The Balaban J connectivity index is 2.94. The van der Waals surface area contributed by atoms with Crippen LogP contribution in [0.5, 0.6) is 11.5 Å². The molecule has 2 rings (SSSR count). The molecule has 0 aliphatic rings. The van der Waals surface area contributed by atoms with Gasteiger partial charge in [-0.2, -0.15) is 0 Å². The molecule has 6 nitrogen and oxygen atoms in total. The highest BCUT2D eigenvalue weighted by Crippen LogP contribution is 2.43. The van der Waals surface area contributed by atoms with Crippen molar-refractivity contribution in [3.63, 3.8) is 0 Å². The van der Waals surface area contributed by atoms with Gasteiger partial charge in [0, 0.05) is 6.07 Å².